The number of nitrogens with one attached hydrogen (secondary N) is 1. The van der Waals surface area contributed by atoms with Crippen molar-refractivity contribution in [1.29, 1.82) is 5.26 Å². The van der Waals surface area contributed by atoms with Gasteiger partial charge in [0, 0.05) is 6.20 Å². The average molecular weight is 185 g/mol. The van der Waals surface area contributed by atoms with Crippen molar-refractivity contribution in [2.45, 2.75) is 6.92 Å². The summed E-state index contributed by atoms with van der Waals surface area (Å²) in [5.41, 5.74) is 2.48. The lowest BCUT2D eigenvalue weighted by atomic mass is 10.2. The molecule has 0 aliphatic heterocycles. The molecule has 0 radical (unpaired) electrons. The summed E-state index contributed by atoms with van der Waals surface area (Å²) in [6.45, 7) is 1.95. The summed E-state index contributed by atoms with van der Waals surface area (Å²) in [7, 11) is 0. The SMILES string of the molecule is Cc1ccc(-c2n[nH]nc2C#N)nc1. The van der Waals surface area contributed by atoms with Gasteiger partial charge in [0.25, 0.3) is 0 Å². The molecule has 0 saturated carbocycles. The maximum absolute atomic E-state index is 8.72. The number of hydrogen-bond donors (Lipinski definition) is 1. The van der Waals surface area contributed by atoms with E-state index in [9.17, 15) is 0 Å². The number of nitrogens with zero attached hydrogens (tertiary/aromatic N) is 4. The molecule has 2 aromatic heterocycles. The molecule has 0 unspecified atom stereocenters. The van der Waals surface area contributed by atoms with Gasteiger partial charge in [0.05, 0.1) is 5.69 Å². The van der Waals surface area contributed by atoms with Crippen LogP contribution in [0, 0.1) is 18.3 Å². The van der Waals surface area contributed by atoms with Gasteiger partial charge in [-0.1, -0.05) is 6.07 Å². The fourth-order valence-electron chi connectivity index (χ4n) is 1.10. The van der Waals surface area contributed by atoms with E-state index in [1.807, 2.05) is 25.1 Å². The van der Waals surface area contributed by atoms with Crippen LogP contribution >= 0.6 is 0 Å². The van der Waals surface area contributed by atoms with E-state index < -0.39 is 0 Å². The maximum Gasteiger partial charge on any atom is 0.192 e. The van der Waals surface area contributed by atoms with Crippen LogP contribution in [0.4, 0.5) is 0 Å². The Morgan fingerprint density at radius 1 is 1.36 bits per heavy atom. The van der Waals surface area contributed by atoms with Gasteiger partial charge in [-0.05, 0) is 18.6 Å². The topological polar surface area (TPSA) is 78.2 Å². The van der Waals surface area contributed by atoms with Crippen molar-refractivity contribution in [2.24, 2.45) is 0 Å². The second kappa shape index (κ2) is 3.26. The van der Waals surface area contributed by atoms with Crippen LogP contribution in [0.5, 0.6) is 0 Å². The van der Waals surface area contributed by atoms with Crippen molar-refractivity contribution in [3.05, 3.63) is 29.6 Å². The van der Waals surface area contributed by atoms with E-state index >= 15 is 0 Å². The Labute approximate surface area is 80.4 Å². The number of pyridine rings is 1. The molecule has 2 aromatic rings. The number of rotatable bonds is 1. The summed E-state index contributed by atoms with van der Waals surface area (Å²) in [4.78, 5) is 4.16. The van der Waals surface area contributed by atoms with Gasteiger partial charge in [0.2, 0.25) is 0 Å². The van der Waals surface area contributed by atoms with E-state index in [0.29, 0.717) is 11.4 Å². The van der Waals surface area contributed by atoms with Gasteiger partial charge in [0.1, 0.15) is 11.8 Å². The van der Waals surface area contributed by atoms with Crippen molar-refractivity contribution >= 4 is 0 Å². The molecule has 5 heteroatoms. The lowest BCUT2D eigenvalue weighted by molar-refractivity contribution is 0.936. The highest BCUT2D eigenvalue weighted by Gasteiger charge is 2.09. The van der Waals surface area contributed by atoms with Gasteiger partial charge >= 0.3 is 0 Å². The third-order valence-corrected chi connectivity index (χ3v) is 1.81. The summed E-state index contributed by atoms with van der Waals surface area (Å²) < 4.78 is 0. The molecule has 0 saturated heterocycles. The first-order valence-corrected chi connectivity index (χ1v) is 4.05. The van der Waals surface area contributed by atoms with E-state index in [1.165, 1.54) is 0 Å². The van der Waals surface area contributed by atoms with E-state index in [0.717, 1.165) is 5.56 Å². The highest BCUT2D eigenvalue weighted by molar-refractivity contribution is 5.59. The van der Waals surface area contributed by atoms with Crippen LogP contribution in [0.15, 0.2) is 18.3 Å². The molecule has 14 heavy (non-hydrogen) atoms. The summed E-state index contributed by atoms with van der Waals surface area (Å²) >= 11 is 0. The van der Waals surface area contributed by atoms with Gasteiger partial charge in [-0.25, -0.2) is 0 Å². The number of aryl methyl sites for hydroxylation is 1. The van der Waals surface area contributed by atoms with Crippen molar-refractivity contribution < 1.29 is 0 Å². The first-order chi connectivity index (χ1) is 6.81. The van der Waals surface area contributed by atoms with Gasteiger partial charge in [-0.15, -0.1) is 5.10 Å². The second-order valence-corrected chi connectivity index (χ2v) is 2.85. The molecule has 0 bridgehead atoms. The molecule has 0 aliphatic rings. The lowest BCUT2D eigenvalue weighted by Gasteiger charge is -1.95. The molecule has 0 aliphatic carbocycles. The molecule has 68 valence electrons. The quantitative estimate of drug-likeness (QED) is 0.720. The van der Waals surface area contributed by atoms with Crippen molar-refractivity contribution in [3.8, 4) is 17.5 Å². The Morgan fingerprint density at radius 3 is 2.86 bits per heavy atom. The summed E-state index contributed by atoms with van der Waals surface area (Å²) in [6, 6.07) is 5.67. The monoisotopic (exact) mass is 185 g/mol. The minimum absolute atomic E-state index is 0.265. The minimum Gasteiger partial charge on any atom is -0.254 e. The van der Waals surface area contributed by atoms with Crippen LogP contribution in [0.1, 0.15) is 11.3 Å². The van der Waals surface area contributed by atoms with Crippen LogP contribution < -0.4 is 0 Å². The molecular weight excluding hydrogens is 178 g/mol. The second-order valence-electron chi connectivity index (χ2n) is 2.85. The van der Waals surface area contributed by atoms with Gasteiger partial charge < -0.3 is 0 Å². The molecular formula is C9H7N5. The van der Waals surface area contributed by atoms with E-state index in [1.54, 1.807) is 6.20 Å². The summed E-state index contributed by atoms with van der Waals surface area (Å²) in [6.07, 6.45) is 1.73. The normalized spacial score (nSPS) is 9.71. The number of nitriles is 1. The fraction of sp³-hybridized carbons (Fsp3) is 0.111. The molecule has 0 aromatic carbocycles. The highest BCUT2D eigenvalue weighted by Crippen LogP contribution is 2.15. The van der Waals surface area contributed by atoms with Crippen LogP contribution in [-0.4, -0.2) is 20.4 Å². The predicted octanol–water partition coefficient (Wildman–Crippen LogP) is 1.05. The molecule has 5 nitrogen and oxygen atoms in total. The Kier molecular flexibility index (Phi) is 1.95. The summed E-state index contributed by atoms with van der Waals surface area (Å²) in [5, 5.41) is 18.7. The molecule has 0 spiro atoms. The molecule has 0 amide bonds. The van der Waals surface area contributed by atoms with E-state index in [2.05, 4.69) is 20.4 Å². The Hall–Kier alpha value is -2.22. The number of H-pyrrole nitrogens is 1. The largest absolute Gasteiger partial charge is 0.254 e. The average Bonchev–Trinajstić information content (AvgIpc) is 2.67. The zero-order chi connectivity index (χ0) is 9.97. The van der Waals surface area contributed by atoms with Crippen LogP contribution in [-0.2, 0) is 0 Å². The predicted molar refractivity (Wildman–Crippen MR) is 49.1 cm³/mol. The van der Waals surface area contributed by atoms with Crippen molar-refractivity contribution in [2.75, 3.05) is 0 Å². The molecule has 2 rings (SSSR count). The first-order valence-electron chi connectivity index (χ1n) is 4.05. The molecule has 1 N–H and O–H groups in total. The Bertz CT molecular complexity index is 477. The van der Waals surface area contributed by atoms with E-state index in [4.69, 9.17) is 5.26 Å². The maximum atomic E-state index is 8.72. The smallest absolute Gasteiger partial charge is 0.192 e. The third-order valence-electron chi connectivity index (χ3n) is 1.81. The third kappa shape index (κ3) is 1.33. The van der Waals surface area contributed by atoms with E-state index in [-0.39, 0.29) is 5.69 Å². The van der Waals surface area contributed by atoms with Gasteiger partial charge in [-0.2, -0.15) is 15.6 Å². The number of aromatic amines is 1. The minimum atomic E-state index is 0.265. The Morgan fingerprint density at radius 2 is 2.21 bits per heavy atom. The highest BCUT2D eigenvalue weighted by atomic mass is 15.3. The fourth-order valence-corrected chi connectivity index (χ4v) is 1.10. The van der Waals surface area contributed by atoms with Crippen molar-refractivity contribution in [3.63, 3.8) is 0 Å². The van der Waals surface area contributed by atoms with Crippen molar-refractivity contribution in [1.82, 2.24) is 20.4 Å². The lowest BCUT2D eigenvalue weighted by Crippen LogP contribution is -1.87. The number of aromatic nitrogens is 4. The Balaban J connectivity index is 2.50. The van der Waals surface area contributed by atoms with Crippen LogP contribution in [0.25, 0.3) is 11.4 Å². The first kappa shape index (κ1) is 8.38. The molecule has 2 heterocycles. The van der Waals surface area contributed by atoms with Crippen LogP contribution in [0.2, 0.25) is 0 Å². The zero-order valence-electron chi connectivity index (χ0n) is 7.52. The number of hydrogen-bond acceptors (Lipinski definition) is 4. The zero-order valence-corrected chi connectivity index (χ0v) is 7.52. The standard InChI is InChI=1S/C9H7N5/c1-6-2-3-7(11-5-6)9-8(4-10)12-14-13-9/h2-3,5H,1H3,(H,12,13,14). The molecule has 0 atom stereocenters. The summed E-state index contributed by atoms with van der Waals surface area (Å²) in [5.74, 6) is 0. The van der Waals surface area contributed by atoms with Gasteiger partial charge in [-0.3, -0.25) is 4.98 Å². The van der Waals surface area contributed by atoms with Gasteiger partial charge in [0.15, 0.2) is 5.69 Å². The molecule has 0 fully saturated rings. The van der Waals surface area contributed by atoms with Crippen LogP contribution in [0.3, 0.4) is 0 Å².